The summed E-state index contributed by atoms with van der Waals surface area (Å²) >= 11 is 0.720. The molecule has 0 radical (unpaired) electrons. The molecule has 2 aromatic rings. The number of carbonyl (C=O) groups excluding carboxylic acids is 4. The minimum absolute atomic E-state index is 0.158. The summed E-state index contributed by atoms with van der Waals surface area (Å²) in [6.07, 6.45) is 1.51. The molecule has 178 valence electrons. The fraction of sp³-hybridized carbons (Fsp3) is 0.250. The summed E-state index contributed by atoms with van der Waals surface area (Å²) in [4.78, 5) is 48.8. The van der Waals surface area contributed by atoms with Crippen LogP contribution in [0.5, 0.6) is 11.5 Å². The highest BCUT2D eigenvalue weighted by Gasteiger charge is 2.35. The van der Waals surface area contributed by atoms with Crippen LogP contribution in [0.4, 0.5) is 10.5 Å². The maximum atomic E-state index is 12.4. The number of para-hydroxylation sites is 1. The maximum Gasteiger partial charge on any atom is 0.294 e. The van der Waals surface area contributed by atoms with Gasteiger partial charge in [-0.05, 0) is 53.1 Å². The summed E-state index contributed by atoms with van der Waals surface area (Å²) < 4.78 is 11.0. The van der Waals surface area contributed by atoms with E-state index in [0.717, 1.165) is 27.9 Å². The van der Waals surface area contributed by atoms with Crippen molar-refractivity contribution in [1.82, 2.24) is 4.90 Å². The Labute approximate surface area is 201 Å². The predicted molar refractivity (Wildman–Crippen MR) is 130 cm³/mol. The summed E-state index contributed by atoms with van der Waals surface area (Å²) in [5.41, 5.74) is 7.42. The predicted octanol–water partition coefficient (Wildman–Crippen LogP) is 3.36. The average molecular weight is 484 g/mol. The number of nitrogens with two attached hydrogens (primary N) is 1. The molecule has 1 aliphatic rings. The number of nitrogens with zero attached hydrogens (tertiary/aromatic N) is 1. The van der Waals surface area contributed by atoms with Gasteiger partial charge in [0.1, 0.15) is 6.54 Å². The van der Waals surface area contributed by atoms with Crippen LogP contribution in [0, 0.1) is 0 Å². The number of nitrogens with one attached hydrogen (secondary N) is 1. The number of methoxy groups -OCH3 is 1. The molecule has 0 bridgehead atoms. The molecule has 9 nitrogen and oxygen atoms in total. The van der Waals surface area contributed by atoms with Crippen LogP contribution in [-0.2, 0) is 14.4 Å². The number of hydrogen-bond donors (Lipinski definition) is 2. The molecule has 10 heteroatoms. The van der Waals surface area contributed by atoms with Crippen molar-refractivity contribution in [3.05, 3.63) is 58.5 Å². The number of benzene rings is 2. The van der Waals surface area contributed by atoms with E-state index >= 15 is 0 Å². The van der Waals surface area contributed by atoms with Gasteiger partial charge in [-0.25, -0.2) is 0 Å². The fourth-order valence-electron chi connectivity index (χ4n) is 3.28. The third-order valence-corrected chi connectivity index (χ3v) is 5.80. The molecule has 1 aliphatic heterocycles. The second-order valence-electron chi connectivity index (χ2n) is 7.72. The van der Waals surface area contributed by atoms with Crippen LogP contribution < -0.4 is 20.5 Å². The quantitative estimate of drug-likeness (QED) is 0.524. The highest BCUT2D eigenvalue weighted by Crippen LogP contribution is 2.34. The fourth-order valence-corrected chi connectivity index (χ4v) is 4.12. The molecule has 3 rings (SSSR count). The van der Waals surface area contributed by atoms with Crippen LogP contribution in [0.3, 0.4) is 0 Å². The molecular formula is C24H25N3O6S. The van der Waals surface area contributed by atoms with Gasteiger partial charge in [0.2, 0.25) is 5.91 Å². The maximum absolute atomic E-state index is 12.4. The molecule has 0 unspecified atom stereocenters. The molecule has 0 saturated carbocycles. The van der Waals surface area contributed by atoms with Gasteiger partial charge >= 0.3 is 0 Å². The van der Waals surface area contributed by atoms with Crippen molar-refractivity contribution in [2.45, 2.75) is 19.8 Å². The molecule has 0 atom stereocenters. The van der Waals surface area contributed by atoms with Crippen molar-refractivity contribution >= 4 is 46.5 Å². The minimum Gasteiger partial charge on any atom is -0.493 e. The Morgan fingerprint density at radius 2 is 1.88 bits per heavy atom. The van der Waals surface area contributed by atoms with E-state index in [9.17, 15) is 19.2 Å². The van der Waals surface area contributed by atoms with Gasteiger partial charge in [0.05, 0.1) is 12.0 Å². The summed E-state index contributed by atoms with van der Waals surface area (Å²) in [5.74, 6) is -0.742. The van der Waals surface area contributed by atoms with Gasteiger partial charge in [-0.15, -0.1) is 0 Å². The summed E-state index contributed by atoms with van der Waals surface area (Å²) in [6.45, 7) is 3.40. The van der Waals surface area contributed by atoms with Crippen LogP contribution >= 0.6 is 11.8 Å². The standard InChI is InChI=1S/C24H25N3O6S/c1-14(2)16-6-4-5-7-17(16)26-22(29)13-33-18-9-8-15(10-19(18)32-3)11-20-23(30)27(12-21(25)28)24(31)34-20/h4-11,14H,12-13H2,1-3H3,(H2,25,28)(H,26,29)/b20-11-. The third-order valence-electron chi connectivity index (χ3n) is 4.89. The number of thioether (sulfide) groups is 1. The minimum atomic E-state index is -0.775. The zero-order valence-electron chi connectivity index (χ0n) is 19.0. The van der Waals surface area contributed by atoms with Gasteiger partial charge in [-0.1, -0.05) is 38.1 Å². The smallest absolute Gasteiger partial charge is 0.294 e. The van der Waals surface area contributed by atoms with Gasteiger partial charge in [-0.2, -0.15) is 0 Å². The van der Waals surface area contributed by atoms with Crippen LogP contribution in [-0.4, -0.2) is 48.1 Å². The van der Waals surface area contributed by atoms with E-state index in [1.165, 1.54) is 13.2 Å². The van der Waals surface area contributed by atoms with Crippen LogP contribution in [0.15, 0.2) is 47.4 Å². The van der Waals surface area contributed by atoms with Crippen LogP contribution in [0.2, 0.25) is 0 Å². The van der Waals surface area contributed by atoms with Crippen molar-refractivity contribution < 1.29 is 28.7 Å². The first-order valence-electron chi connectivity index (χ1n) is 10.4. The molecule has 1 saturated heterocycles. The van der Waals surface area contributed by atoms with Crippen molar-refractivity contribution in [1.29, 1.82) is 0 Å². The Balaban J connectivity index is 1.68. The van der Waals surface area contributed by atoms with Crippen molar-refractivity contribution in [2.75, 3.05) is 25.6 Å². The zero-order chi connectivity index (χ0) is 24.8. The number of primary amides is 1. The van der Waals surface area contributed by atoms with E-state index in [0.29, 0.717) is 17.1 Å². The lowest BCUT2D eigenvalue weighted by Gasteiger charge is -2.15. The second-order valence-corrected chi connectivity index (χ2v) is 8.72. The molecule has 34 heavy (non-hydrogen) atoms. The van der Waals surface area contributed by atoms with Gasteiger partial charge in [-0.3, -0.25) is 24.1 Å². The van der Waals surface area contributed by atoms with E-state index in [1.807, 2.05) is 38.1 Å². The number of rotatable bonds is 9. The largest absolute Gasteiger partial charge is 0.493 e. The first kappa shape index (κ1) is 24.8. The van der Waals surface area contributed by atoms with Gasteiger partial charge in [0.15, 0.2) is 18.1 Å². The molecule has 2 aromatic carbocycles. The van der Waals surface area contributed by atoms with E-state index in [4.69, 9.17) is 15.2 Å². The molecule has 0 aliphatic carbocycles. The molecule has 1 heterocycles. The second kappa shape index (κ2) is 10.9. The molecule has 4 amide bonds. The third kappa shape index (κ3) is 5.96. The summed E-state index contributed by atoms with van der Waals surface area (Å²) in [6, 6.07) is 12.5. The van der Waals surface area contributed by atoms with Crippen molar-refractivity contribution in [3.63, 3.8) is 0 Å². The summed E-state index contributed by atoms with van der Waals surface area (Å²) in [7, 11) is 1.45. The van der Waals surface area contributed by atoms with Crippen molar-refractivity contribution in [3.8, 4) is 11.5 Å². The Kier molecular flexibility index (Phi) is 7.95. The Hall–Kier alpha value is -3.79. The lowest BCUT2D eigenvalue weighted by Crippen LogP contribution is -2.36. The Bertz CT molecular complexity index is 1160. The number of ether oxygens (including phenoxy) is 2. The van der Waals surface area contributed by atoms with Gasteiger partial charge in [0, 0.05) is 5.69 Å². The number of amides is 4. The summed E-state index contributed by atoms with van der Waals surface area (Å²) in [5, 5.41) is 2.30. The Morgan fingerprint density at radius 3 is 2.56 bits per heavy atom. The normalized spacial score (nSPS) is 14.6. The van der Waals surface area contributed by atoms with Gasteiger partial charge < -0.3 is 20.5 Å². The first-order chi connectivity index (χ1) is 16.2. The van der Waals surface area contributed by atoms with E-state index < -0.39 is 23.6 Å². The number of imide groups is 1. The van der Waals surface area contributed by atoms with Crippen LogP contribution in [0.1, 0.15) is 30.9 Å². The lowest BCUT2D eigenvalue weighted by molar-refractivity contribution is -0.127. The SMILES string of the molecule is COc1cc(/C=C2\SC(=O)N(CC(N)=O)C2=O)ccc1OCC(=O)Nc1ccccc1C(C)C. The topological polar surface area (TPSA) is 128 Å². The van der Waals surface area contributed by atoms with E-state index in [1.54, 1.807) is 18.2 Å². The zero-order valence-corrected chi connectivity index (χ0v) is 19.8. The van der Waals surface area contributed by atoms with Crippen molar-refractivity contribution in [2.24, 2.45) is 5.73 Å². The highest BCUT2D eigenvalue weighted by atomic mass is 32.2. The first-order valence-corrected chi connectivity index (χ1v) is 11.2. The molecule has 1 fully saturated rings. The monoisotopic (exact) mass is 483 g/mol. The lowest BCUT2D eigenvalue weighted by atomic mass is 10.0. The van der Waals surface area contributed by atoms with Crippen LogP contribution in [0.25, 0.3) is 6.08 Å². The van der Waals surface area contributed by atoms with Gasteiger partial charge in [0.25, 0.3) is 17.1 Å². The number of carbonyl (C=O) groups is 4. The Morgan fingerprint density at radius 1 is 1.15 bits per heavy atom. The molecular weight excluding hydrogens is 458 g/mol. The van der Waals surface area contributed by atoms with E-state index in [-0.39, 0.29) is 23.3 Å². The molecule has 3 N–H and O–H groups in total. The molecule has 0 spiro atoms. The molecule has 0 aromatic heterocycles. The number of hydrogen-bond acceptors (Lipinski definition) is 7. The highest BCUT2D eigenvalue weighted by molar-refractivity contribution is 8.18. The average Bonchev–Trinajstić information content (AvgIpc) is 3.05. The van der Waals surface area contributed by atoms with E-state index in [2.05, 4.69) is 5.32 Å². The number of anilines is 1.